The van der Waals surface area contributed by atoms with Gasteiger partial charge >= 0.3 is 6.03 Å². The number of urea groups is 1. The van der Waals surface area contributed by atoms with Gasteiger partial charge in [0.25, 0.3) is 6.43 Å². The molecule has 0 unspecified atom stereocenters. The Bertz CT molecular complexity index is 1020. The van der Waals surface area contributed by atoms with Crippen LogP contribution in [0.4, 0.5) is 25.0 Å². The van der Waals surface area contributed by atoms with E-state index in [1.807, 2.05) is 6.07 Å². The summed E-state index contributed by atoms with van der Waals surface area (Å²) < 4.78 is 32.8. The molecule has 0 spiro atoms. The van der Waals surface area contributed by atoms with Gasteiger partial charge in [-0.25, -0.2) is 13.6 Å². The third-order valence-corrected chi connectivity index (χ3v) is 5.57. The number of carbonyl (C=O) groups is 2. The molecule has 30 heavy (non-hydrogen) atoms. The van der Waals surface area contributed by atoms with Crippen molar-refractivity contribution in [2.45, 2.75) is 44.3 Å². The fourth-order valence-corrected chi connectivity index (χ4v) is 3.89. The monoisotopic (exact) mass is 435 g/mol. The second-order valence-electron chi connectivity index (χ2n) is 7.67. The van der Waals surface area contributed by atoms with Gasteiger partial charge in [-0.3, -0.25) is 4.79 Å². The highest BCUT2D eigenvalue weighted by molar-refractivity contribution is 6.30. The molecule has 0 bridgehead atoms. The summed E-state index contributed by atoms with van der Waals surface area (Å²) in [6, 6.07) is 8.74. The average molecular weight is 436 g/mol. The molecule has 0 aliphatic carbocycles. The van der Waals surface area contributed by atoms with Gasteiger partial charge in [0, 0.05) is 34.8 Å². The van der Waals surface area contributed by atoms with E-state index >= 15 is 0 Å². The molecule has 158 valence electrons. The summed E-state index contributed by atoms with van der Waals surface area (Å²) in [5, 5.41) is 8.57. The lowest BCUT2D eigenvalue weighted by Crippen LogP contribution is -2.48. The zero-order valence-corrected chi connectivity index (χ0v) is 16.9. The topological polar surface area (TPSA) is 79.5 Å². The van der Waals surface area contributed by atoms with Crippen molar-refractivity contribution in [3.8, 4) is 5.75 Å². The van der Waals surface area contributed by atoms with Crippen molar-refractivity contribution >= 4 is 34.9 Å². The van der Waals surface area contributed by atoms with Crippen LogP contribution in [-0.2, 0) is 11.2 Å². The van der Waals surface area contributed by atoms with Crippen molar-refractivity contribution in [1.29, 1.82) is 0 Å². The van der Waals surface area contributed by atoms with Crippen molar-refractivity contribution in [2.24, 2.45) is 0 Å². The first-order valence-corrected chi connectivity index (χ1v) is 9.88. The molecular formula is C21H20ClF2N3O3. The number of carbonyl (C=O) groups excluding carboxylic acids is 2. The van der Waals surface area contributed by atoms with Crippen molar-refractivity contribution in [2.75, 3.05) is 10.6 Å². The number of aryl methyl sites for hydroxylation is 1. The molecule has 0 aromatic heterocycles. The fraction of sp³-hybridized carbons (Fsp3) is 0.333. The smallest absolute Gasteiger partial charge is 0.319 e. The Morgan fingerprint density at radius 3 is 2.83 bits per heavy atom. The van der Waals surface area contributed by atoms with Crippen LogP contribution in [0.2, 0.25) is 5.02 Å². The molecule has 2 aromatic carbocycles. The molecular weight excluding hydrogens is 416 g/mol. The van der Waals surface area contributed by atoms with E-state index in [1.165, 1.54) is 13.0 Å². The SMILES string of the molecule is C[C@]1(C(F)F)C[C@@H](NC(=O)Nc2ccc3c(c2)NC(=O)CC3)c2ccc(Cl)cc2O1. The summed E-state index contributed by atoms with van der Waals surface area (Å²) in [6.07, 6.45) is -1.79. The number of hydrogen-bond acceptors (Lipinski definition) is 3. The van der Waals surface area contributed by atoms with Crippen LogP contribution in [0.3, 0.4) is 0 Å². The van der Waals surface area contributed by atoms with Crippen molar-refractivity contribution in [3.05, 3.63) is 52.5 Å². The fourth-order valence-electron chi connectivity index (χ4n) is 3.73. The summed E-state index contributed by atoms with van der Waals surface area (Å²) >= 11 is 5.98. The van der Waals surface area contributed by atoms with Gasteiger partial charge in [0.2, 0.25) is 5.91 Å². The second-order valence-corrected chi connectivity index (χ2v) is 8.11. The van der Waals surface area contributed by atoms with Crippen molar-refractivity contribution in [3.63, 3.8) is 0 Å². The molecule has 4 rings (SSSR count). The summed E-state index contributed by atoms with van der Waals surface area (Å²) in [5.74, 6) is 0.145. The van der Waals surface area contributed by atoms with E-state index in [2.05, 4.69) is 16.0 Å². The minimum absolute atomic E-state index is 0.0761. The van der Waals surface area contributed by atoms with E-state index < -0.39 is 24.1 Å². The maximum atomic E-state index is 13.6. The zero-order valence-electron chi connectivity index (χ0n) is 16.1. The first kappa shape index (κ1) is 20.4. The number of hydrogen-bond donors (Lipinski definition) is 3. The molecule has 0 fully saturated rings. The van der Waals surface area contributed by atoms with E-state index in [1.54, 1.807) is 24.3 Å². The normalized spacial score (nSPS) is 22.4. The molecule has 6 nitrogen and oxygen atoms in total. The molecule has 3 N–H and O–H groups in total. The Hall–Kier alpha value is -2.87. The van der Waals surface area contributed by atoms with Gasteiger partial charge in [-0.2, -0.15) is 0 Å². The summed E-state index contributed by atoms with van der Waals surface area (Å²) in [4.78, 5) is 24.2. The number of amides is 3. The number of fused-ring (bicyclic) bond motifs is 2. The highest BCUT2D eigenvalue weighted by atomic mass is 35.5. The van der Waals surface area contributed by atoms with Gasteiger partial charge in [-0.15, -0.1) is 0 Å². The maximum Gasteiger partial charge on any atom is 0.319 e. The number of anilines is 2. The predicted octanol–water partition coefficient (Wildman–Crippen LogP) is 4.89. The molecule has 9 heteroatoms. The van der Waals surface area contributed by atoms with Crippen LogP contribution in [0.5, 0.6) is 5.75 Å². The van der Waals surface area contributed by atoms with Gasteiger partial charge in [-0.05, 0) is 43.2 Å². The number of alkyl halides is 2. The van der Waals surface area contributed by atoms with E-state index in [0.717, 1.165) is 5.56 Å². The van der Waals surface area contributed by atoms with E-state index in [-0.39, 0.29) is 18.1 Å². The number of nitrogens with one attached hydrogen (secondary N) is 3. The number of ether oxygens (including phenoxy) is 1. The summed E-state index contributed by atoms with van der Waals surface area (Å²) in [7, 11) is 0. The third-order valence-electron chi connectivity index (χ3n) is 5.33. The van der Waals surface area contributed by atoms with Crippen LogP contribution < -0.4 is 20.7 Å². The first-order chi connectivity index (χ1) is 14.2. The first-order valence-electron chi connectivity index (χ1n) is 9.50. The predicted molar refractivity (Wildman–Crippen MR) is 109 cm³/mol. The minimum Gasteiger partial charge on any atom is -0.481 e. The molecule has 3 amide bonds. The summed E-state index contributed by atoms with van der Waals surface area (Å²) in [5.41, 5.74) is 0.939. The molecule has 2 atom stereocenters. The quantitative estimate of drug-likeness (QED) is 0.642. The van der Waals surface area contributed by atoms with Gasteiger partial charge < -0.3 is 20.7 Å². The van der Waals surface area contributed by atoms with Crippen LogP contribution >= 0.6 is 11.6 Å². The number of halogens is 3. The standard InChI is InChI=1S/C21H20ClF2N3O3/c1-21(19(23)24)10-16(14-6-4-12(22)8-17(14)30-21)27-20(29)25-13-5-2-11-3-7-18(28)26-15(11)9-13/h2,4-6,8-9,16,19H,3,7,10H2,1H3,(H,26,28)(H2,25,27,29)/t16-,21-/m1/s1. The zero-order chi connectivity index (χ0) is 21.5. The molecule has 0 radical (unpaired) electrons. The third kappa shape index (κ3) is 4.05. The lowest BCUT2D eigenvalue weighted by Gasteiger charge is -2.39. The maximum absolute atomic E-state index is 13.6. The highest BCUT2D eigenvalue weighted by Gasteiger charge is 2.45. The van der Waals surface area contributed by atoms with Gasteiger partial charge in [0.15, 0.2) is 5.60 Å². The molecule has 2 aromatic rings. The Morgan fingerprint density at radius 2 is 2.07 bits per heavy atom. The largest absolute Gasteiger partial charge is 0.481 e. The van der Waals surface area contributed by atoms with Gasteiger partial charge in [-0.1, -0.05) is 23.7 Å². The van der Waals surface area contributed by atoms with Crippen molar-refractivity contribution in [1.82, 2.24) is 5.32 Å². The molecule has 0 saturated heterocycles. The second kappa shape index (κ2) is 7.75. The number of benzene rings is 2. The van der Waals surface area contributed by atoms with E-state index in [0.29, 0.717) is 34.8 Å². The molecule has 0 saturated carbocycles. The van der Waals surface area contributed by atoms with Crippen LogP contribution in [0.1, 0.15) is 36.9 Å². The molecule has 2 heterocycles. The summed E-state index contributed by atoms with van der Waals surface area (Å²) in [6.45, 7) is 1.31. The van der Waals surface area contributed by atoms with Crippen molar-refractivity contribution < 1.29 is 23.1 Å². The average Bonchev–Trinajstić information content (AvgIpc) is 2.67. The lowest BCUT2D eigenvalue weighted by atomic mass is 9.88. The Kier molecular flexibility index (Phi) is 5.27. The Balaban J connectivity index is 1.52. The minimum atomic E-state index is -2.75. The van der Waals surface area contributed by atoms with E-state index in [9.17, 15) is 18.4 Å². The van der Waals surface area contributed by atoms with Gasteiger partial charge in [0.05, 0.1) is 6.04 Å². The Morgan fingerprint density at radius 1 is 1.27 bits per heavy atom. The highest BCUT2D eigenvalue weighted by Crippen LogP contribution is 2.43. The lowest BCUT2D eigenvalue weighted by molar-refractivity contribution is -0.116. The molecule has 2 aliphatic rings. The van der Waals surface area contributed by atoms with Gasteiger partial charge in [0.1, 0.15) is 5.75 Å². The molecule has 2 aliphatic heterocycles. The van der Waals surface area contributed by atoms with Crippen LogP contribution in [0.25, 0.3) is 0 Å². The van der Waals surface area contributed by atoms with E-state index in [4.69, 9.17) is 16.3 Å². The van der Waals surface area contributed by atoms with Crippen LogP contribution in [-0.4, -0.2) is 24.0 Å². The Labute approximate surface area is 176 Å². The number of rotatable bonds is 3. The van der Waals surface area contributed by atoms with Crippen LogP contribution in [0.15, 0.2) is 36.4 Å². The van der Waals surface area contributed by atoms with Crippen LogP contribution in [0, 0.1) is 0 Å².